The first-order valence-corrected chi connectivity index (χ1v) is 10.1. The highest BCUT2D eigenvalue weighted by Crippen LogP contribution is 2.29. The Morgan fingerprint density at radius 2 is 1.92 bits per heavy atom. The van der Waals surface area contributed by atoms with Crippen LogP contribution < -0.4 is 10.0 Å². The highest BCUT2D eigenvalue weighted by Gasteiger charge is 2.25. The summed E-state index contributed by atoms with van der Waals surface area (Å²) in [6, 6.07) is 7.91. The van der Waals surface area contributed by atoms with Gasteiger partial charge < -0.3 is 4.90 Å². The largest absolute Gasteiger partial charge is 0.368 e. The van der Waals surface area contributed by atoms with Crippen molar-refractivity contribution in [3.63, 3.8) is 0 Å². The minimum absolute atomic E-state index is 0.201. The zero-order valence-electron chi connectivity index (χ0n) is 13.4. The number of hydrogen-bond donors (Lipinski definition) is 1. The fourth-order valence-corrected chi connectivity index (χ4v) is 4.40. The molecule has 0 atom stereocenters. The van der Waals surface area contributed by atoms with Gasteiger partial charge in [0.1, 0.15) is 4.90 Å². The number of hydrogen-bond acceptors (Lipinski definition) is 7. The van der Waals surface area contributed by atoms with E-state index in [1.165, 1.54) is 17.0 Å². The van der Waals surface area contributed by atoms with E-state index in [1.54, 1.807) is 11.3 Å². The van der Waals surface area contributed by atoms with Crippen molar-refractivity contribution in [3.05, 3.63) is 50.7 Å². The van der Waals surface area contributed by atoms with E-state index in [1.807, 2.05) is 16.3 Å². The number of benzene rings is 1. The van der Waals surface area contributed by atoms with Crippen LogP contribution in [0.1, 0.15) is 4.88 Å². The lowest BCUT2D eigenvalue weighted by atomic mass is 10.2. The molecular formula is C15H18N4O4S2. The van der Waals surface area contributed by atoms with Gasteiger partial charge in [-0.15, -0.1) is 11.3 Å². The van der Waals surface area contributed by atoms with E-state index in [9.17, 15) is 18.5 Å². The maximum Gasteiger partial charge on any atom is 0.270 e. The van der Waals surface area contributed by atoms with Gasteiger partial charge in [0.15, 0.2) is 0 Å². The number of nitrogens with zero attached hydrogens (tertiary/aromatic N) is 3. The Balaban J connectivity index is 1.77. The zero-order chi connectivity index (χ0) is 18.0. The van der Waals surface area contributed by atoms with Crippen molar-refractivity contribution in [3.8, 4) is 0 Å². The molecule has 0 bridgehead atoms. The quantitative estimate of drug-likeness (QED) is 0.622. The molecule has 0 radical (unpaired) electrons. The van der Waals surface area contributed by atoms with Gasteiger partial charge in [-0.1, -0.05) is 6.07 Å². The van der Waals surface area contributed by atoms with Crippen LogP contribution in [0, 0.1) is 10.1 Å². The van der Waals surface area contributed by atoms with Crippen molar-refractivity contribution in [1.82, 2.24) is 4.90 Å². The fourth-order valence-electron chi connectivity index (χ4n) is 2.88. The van der Waals surface area contributed by atoms with Gasteiger partial charge in [-0.2, -0.15) is 0 Å². The summed E-state index contributed by atoms with van der Waals surface area (Å²) in [6.07, 6.45) is 0. The van der Waals surface area contributed by atoms with Crippen LogP contribution in [0.15, 0.2) is 40.6 Å². The maximum atomic E-state index is 11.9. The molecule has 2 heterocycles. The first-order valence-electron chi connectivity index (χ1n) is 7.65. The van der Waals surface area contributed by atoms with Crippen LogP contribution in [-0.2, 0) is 16.6 Å². The summed E-state index contributed by atoms with van der Waals surface area (Å²) in [6.45, 7) is 3.68. The smallest absolute Gasteiger partial charge is 0.270 e. The molecule has 1 aliphatic rings. The van der Waals surface area contributed by atoms with E-state index in [-0.39, 0.29) is 10.6 Å². The van der Waals surface area contributed by atoms with Crippen molar-refractivity contribution in [2.75, 3.05) is 31.1 Å². The highest BCUT2D eigenvalue weighted by atomic mass is 32.2. The van der Waals surface area contributed by atoms with Crippen molar-refractivity contribution in [2.24, 2.45) is 5.14 Å². The number of primary sulfonamides is 1. The molecule has 0 aliphatic carbocycles. The Hall–Kier alpha value is -2.01. The van der Waals surface area contributed by atoms with Crippen LogP contribution in [0.25, 0.3) is 0 Å². The first kappa shape index (κ1) is 17.8. The molecule has 3 rings (SSSR count). The maximum absolute atomic E-state index is 11.9. The van der Waals surface area contributed by atoms with Crippen LogP contribution in [0.4, 0.5) is 11.4 Å². The molecule has 134 valence electrons. The van der Waals surface area contributed by atoms with Gasteiger partial charge in [0.2, 0.25) is 10.0 Å². The van der Waals surface area contributed by atoms with Crippen LogP contribution in [-0.4, -0.2) is 44.4 Å². The number of anilines is 1. The molecule has 8 nitrogen and oxygen atoms in total. The van der Waals surface area contributed by atoms with Gasteiger partial charge in [0.05, 0.1) is 10.6 Å². The summed E-state index contributed by atoms with van der Waals surface area (Å²) in [5, 5.41) is 18.2. The third kappa shape index (κ3) is 4.15. The lowest BCUT2D eigenvalue weighted by molar-refractivity contribution is -0.385. The topological polar surface area (TPSA) is 110 Å². The van der Waals surface area contributed by atoms with E-state index < -0.39 is 14.9 Å². The molecule has 10 heteroatoms. The lowest BCUT2D eigenvalue weighted by Crippen LogP contribution is -2.46. The zero-order valence-corrected chi connectivity index (χ0v) is 15.0. The molecule has 1 aliphatic heterocycles. The Kier molecular flexibility index (Phi) is 5.04. The monoisotopic (exact) mass is 382 g/mol. The SMILES string of the molecule is NS(=O)(=O)c1cc([N+](=O)[O-])ccc1N1CCN(Cc2cccs2)CC1. The Morgan fingerprint density at radius 3 is 2.48 bits per heavy atom. The number of thiophene rings is 1. The molecule has 25 heavy (non-hydrogen) atoms. The number of piperazine rings is 1. The van der Waals surface area contributed by atoms with Crippen molar-refractivity contribution >= 4 is 32.7 Å². The minimum atomic E-state index is -4.05. The molecule has 2 aromatic rings. The third-order valence-electron chi connectivity index (χ3n) is 4.13. The standard InChI is InChI=1S/C15H18N4O4S2/c16-25(22,23)15-10-12(19(20)21)3-4-14(15)18-7-5-17(6-8-18)11-13-2-1-9-24-13/h1-4,9-10H,5-8,11H2,(H2,16,22,23). The Morgan fingerprint density at radius 1 is 1.20 bits per heavy atom. The summed E-state index contributed by atoms with van der Waals surface area (Å²) in [7, 11) is -4.05. The average molecular weight is 382 g/mol. The summed E-state index contributed by atoms with van der Waals surface area (Å²) in [5.41, 5.74) is 0.132. The highest BCUT2D eigenvalue weighted by molar-refractivity contribution is 7.89. The minimum Gasteiger partial charge on any atom is -0.368 e. The Bertz CT molecular complexity index is 860. The molecule has 2 N–H and O–H groups in total. The predicted octanol–water partition coefficient (Wildman–Crippen LogP) is 1.63. The molecule has 0 spiro atoms. The molecule has 1 aromatic heterocycles. The second-order valence-electron chi connectivity index (χ2n) is 5.80. The number of rotatable bonds is 5. The van der Waals surface area contributed by atoms with E-state index >= 15 is 0 Å². The second-order valence-corrected chi connectivity index (χ2v) is 8.36. The summed E-state index contributed by atoms with van der Waals surface area (Å²) in [4.78, 5) is 15.6. The number of nitro benzene ring substituents is 1. The van der Waals surface area contributed by atoms with Gasteiger partial charge >= 0.3 is 0 Å². The lowest BCUT2D eigenvalue weighted by Gasteiger charge is -2.36. The fraction of sp³-hybridized carbons (Fsp3) is 0.333. The summed E-state index contributed by atoms with van der Waals surface area (Å²) < 4.78 is 23.7. The van der Waals surface area contributed by atoms with Gasteiger partial charge in [-0.05, 0) is 17.5 Å². The summed E-state index contributed by atoms with van der Waals surface area (Å²) in [5.74, 6) is 0. The van der Waals surface area contributed by atoms with Crippen LogP contribution in [0.5, 0.6) is 0 Å². The van der Waals surface area contributed by atoms with Crippen LogP contribution >= 0.6 is 11.3 Å². The van der Waals surface area contributed by atoms with Gasteiger partial charge in [0.25, 0.3) is 5.69 Å². The van der Waals surface area contributed by atoms with Gasteiger partial charge in [-0.3, -0.25) is 15.0 Å². The van der Waals surface area contributed by atoms with E-state index in [0.717, 1.165) is 25.7 Å². The average Bonchev–Trinajstić information content (AvgIpc) is 3.07. The predicted molar refractivity (Wildman–Crippen MR) is 96.3 cm³/mol. The first-order chi connectivity index (χ1) is 11.8. The molecule has 0 amide bonds. The molecule has 1 saturated heterocycles. The second kappa shape index (κ2) is 7.08. The van der Waals surface area contributed by atoms with Crippen LogP contribution in [0.3, 0.4) is 0 Å². The molecule has 1 aromatic carbocycles. The van der Waals surface area contributed by atoms with Crippen molar-refractivity contribution in [2.45, 2.75) is 11.4 Å². The Labute approximate surface area is 149 Å². The summed E-state index contributed by atoms with van der Waals surface area (Å²) >= 11 is 1.71. The van der Waals surface area contributed by atoms with Crippen molar-refractivity contribution < 1.29 is 13.3 Å². The molecule has 0 unspecified atom stereocenters. The molecule has 1 fully saturated rings. The molecule has 0 saturated carbocycles. The van der Waals surface area contributed by atoms with E-state index in [4.69, 9.17) is 5.14 Å². The number of nitrogens with two attached hydrogens (primary N) is 1. The number of sulfonamides is 1. The van der Waals surface area contributed by atoms with Crippen LogP contribution in [0.2, 0.25) is 0 Å². The number of non-ortho nitro benzene ring substituents is 1. The van der Waals surface area contributed by atoms with Gasteiger partial charge in [0, 0.05) is 49.7 Å². The molecular weight excluding hydrogens is 364 g/mol. The number of nitro groups is 1. The third-order valence-corrected chi connectivity index (χ3v) is 5.93. The van der Waals surface area contributed by atoms with E-state index in [2.05, 4.69) is 11.0 Å². The van der Waals surface area contributed by atoms with Gasteiger partial charge in [-0.25, -0.2) is 13.6 Å². The van der Waals surface area contributed by atoms with E-state index in [0.29, 0.717) is 18.8 Å². The normalized spacial score (nSPS) is 16.1. The van der Waals surface area contributed by atoms with Crippen molar-refractivity contribution in [1.29, 1.82) is 0 Å².